The Bertz CT molecular complexity index is 724. The summed E-state index contributed by atoms with van der Waals surface area (Å²) in [5.74, 6) is -0.440. The third kappa shape index (κ3) is 1.77. The van der Waals surface area contributed by atoms with Gasteiger partial charge in [0.15, 0.2) is 0 Å². The number of fused-ring (bicyclic) bond motifs is 1. The number of nitrogens with one attached hydrogen (secondary N) is 1. The molecule has 1 aromatic carbocycles. The summed E-state index contributed by atoms with van der Waals surface area (Å²) < 4.78 is 1.55. The zero-order valence-electron chi connectivity index (χ0n) is 10.3. The van der Waals surface area contributed by atoms with Gasteiger partial charge in [-0.1, -0.05) is 19.1 Å². The number of aromatic carboxylic acids is 1. The lowest BCUT2D eigenvalue weighted by molar-refractivity contribution is 0.0695. The SMILES string of the molecule is CCc1c(C(=O)O)cnn1-c1nc2ccccc2[nH]1. The van der Waals surface area contributed by atoms with Crippen molar-refractivity contribution in [1.29, 1.82) is 0 Å². The second-order valence-electron chi connectivity index (χ2n) is 4.15. The number of imidazole rings is 1. The highest BCUT2D eigenvalue weighted by Gasteiger charge is 2.17. The normalized spacial score (nSPS) is 11.0. The van der Waals surface area contributed by atoms with Gasteiger partial charge >= 0.3 is 5.97 Å². The summed E-state index contributed by atoms with van der Waals surface area (Å²) in [7, 11) is 0. The molecule has 0 fully saturated rings. The zero-order valence-corrected chi connectivity index (χ0v) is 10.3. The smallest absolute Gasteiger partial charge is 0.339 e. The van der Waals surface area contributed by atoms with Crippen molar-refractivity contribution in [2.75, 3.05) is 0 Å². The molecule has 0 aliphatic heterocycles. The van der Waals surface area contributed by atoms with Crippen LogP contribution in [-0.4, -0.2) is 30.8 Å². The van der Waals surface area contributed by atoms with Crippen LogP contribution in [0.25, 0.3) is 17.0 Å². The molecule has 0 aliphatic rings. The first kappa shape index (κ1) is 11.5. The number of benzene rings is 1. The first-order valence-corrected chi connectivity index (χ1v) is 5.96. The molecule has 0 saturated carbocycles. The predicted molar refractivity (Wildman–Crippen MR) is 69.6 cm³/mol. The summed E-state index contributed by atoms with van der Waals surface area (Å²) in [5.41, 5.74) is 2.56. The molecule has 6 heteroatoms. The molecule has 0 atom stereocenters. The number of H-pyrrole nitrogens is 1. The van der Waals surface area contributed by atoms with E-state index in [1.807, 2.05) is 31.2 Å². The van der Waals surface area contributed by atoms with Crippen LogP contribution in [0.2, 0.25) is 0 Å². The Morgan fingerprint density at radius 3 is 2.89 bits per heavy atom. The van der Waals surface area contributed by atoms with E-state index in [9.17, 15) is 4.79 Å². The van der Waals surface area contributed by atoms with Gasteiger partial charge in [-0.05, 0) is 18.6 Å². The highest BCUT2D eigenvalue weighted by Crippen LogP contribution is 2.17. The van der Waals surface area contributed by atoms with E-state index in [1.54, 1.807) is 4.68 Å². The molecular weight excluding hydrogens is 244 g/mol. The van der Waals surface area contributed by atoms with E-state index in [0.717, 1.165) is 11.0 Å². The van der Waals surface area contributed by atoms with Gasteiger partial charge < -0.3 is 10.1 Å². The molecule has 0 unspecified atom stereocenters. The summed E-state index contributed by atoms with van der Waals surface area (Å²) in [5, 5.41) is 13.2. The van der Waals surface area contributed by atoms with Crippen molar-refractivity contribution in [2.24, 2.45) is 0 Å². The molecular formula is C13H12N4O2. The van der Waals surface area contributed by atoms with Crippen molar-refractivity contribution >= 4 is 17.0 Å². The van der Waals surface area contributed by atoms with Gasteiger partial charge in [0.05, 0.1) is 22.9 Å². The molecule has 96 valence electrons. The topological polar surface area (TPSA) is 83.8 Å². The quantitative estimate of drug-likeness (QED) is 0.750. The number of rotatable bonds is 3. The van der Waals surface area contributed by atoms with Crippen molar-refractivity contribution in [1.82, 2.24) is 19.7 Å². The van der Waals surface area contributed by atoms with Crippen molar-refractivity contribution in [2.45, 2.75) is 13.3 Å². The van der Waals surface area contributed by atoms with E-state index >= 15 is 0 Å². The lowest BCUT2D eigenvalue weighted by Crippen LogP contribution is -2.06. The van der Waals surface area contributed by atoms with E-state index < -0.39 is 5.97 Å². The summed E-state index contributed by atoms with van der Waals surface area (Å²) in [6.07, 6.45) is 1.92. The van der Waals surface area contributed by atoms with Crippen LogP contribution in [0.4, 0.5) is 0 Å². The van der Waals surface area contributed by atoms with Crippen molar-refractivity contribution in [3.63, 3.8) is 0 Å². The number of hydrogen-bond acceptors (Lipinski definition) is 3. The molecule has 0 saturated heterocycles. The summed E-state index contributed by atoms with van der Waals surface area (Å²) >= 11 is 0. The second-order valence-corrected chi connectivity index (χ2v) is 4.15. The van der Waals surface area contributed by atoms with E-state index in [0.29, 0.717) is 18.1 Å². The first-order valence-electron chi connectivity index (χ1n) is 5.96. The molecule has 2 heterocycles. The molecule has 6 nitrogen and oxygen atoms in total. The predicted octanol–water partition coefficient (Wildman–Crippen LogP) is 2.01. The van der Waals surface area contributed by atoms with Crippen LogP contribution in [0, 0.1) is 0 Å². The largest absolute Gasteiger partial charge is 0.478 e. The fourth-order valence-electron chi connectivity index (χ4n) is 2.11. The van der Waals surface area contributed by atoms with Gasteiger partial charge in [0.2, 0.25) is 5.95 Å². The molecule has 3 aromatic rings. The maximum atomic E-state index is 11.1. The van der Waals surface area contributed by atoms with E-state index in [1.165, 1.54) is 6.20 Å². The van der Waals surface area contributed by atoms with Crippen molar-refractivity contribution in [3.8, 4) is 5.95 Å². The van der Waals surface area contributed by atoms with Crippen molar-refractivity contribution in [3.05, 3.63) is 41.7 Å². The average molecular weight is 256 g/mol. The van der Waals surface area contributed by atoms with Crippen LogP contribution in [0.5, 0.6) is 0 Å². The molecule has 0 spiro atoms. The van der Waals surface area contributed by atoms with Crippen LogP contribution in [-0.2, 0) is 6.42 Å². The maximum absolute atomic E-state index is 11.1. The lowest BCUT2D eigenvalue weighted by atomic mass is 10.2. The fraction of sp³-hybridized carbons (Fsp3) is 0.154. The van der Waals surface area contributed by atoms with Crippen LogP contribution >= 0.6 is 0 Å². The number of carboxylic acids is 1. The zero-order chi connectivity index (χ0) is 13.4. The third-order valence-corrected chi connectivity index (χ3v) is 3.01. The minimum absolute atomic E-state index is 0.211. The van der Waals surface area contributed by atoms with E-state index in [4.69, 9.17) is 5.11 Å². The molecule has 19 heavy (non-hydrogen) atoms. The van der Waals surface area contributed by atoms with Gasteiger partial charge in [-0.15, -0.1) is 0 Å². The van der Waals surface area contributed by atoms with E-state index in [-0.39, 0.29) is 5.56 Å². The average Bonchev–Trinajstić information content (AvgIpc) is 3.01. The molecule has 2 N–H and O–H groups in total. The fourth-order valence-corrected chi connectivity index (χ4v) is 2.11. The highest BCUT2D eigenvalue weighted by molar-refractivity contribution is 5.88. The summed E-state index contributed by atoms with van der Waals surface area (Å²) in [6.45, 7) is 1.89. The Labute approximate surface area is 108 Å². The highest BCUT2D eigenvalue weighted by atomic mass is 16.4. The maximum Gasteiger partial charge on any atom is 0.339 e. The first-order chi connectivity index (χ1) is 9.20. The second kappa shape index (κ2) is 4.24. The number of carbonyl (C=O) groups is 1. The molecule has 0 radical (unpaired) electrons. The number of carboxylic acid groups (broad SMARTS) is 1. The Balaban J connectivity index is 2.18. The minimum Gasteiger partial charge on any atom is -0.478 e. The Morgan fingerprint density at radius 2 is 2.21 bits per heavy atom. The number of para-hydroxylation sites is 2. The van der Waals surface area contributed by atoms with Gasteiger partial charge in [0.25, 0.3) is 0 Å². The van der Waals surface area contributed by atoms with Crippen LogP contribution in [0.15, 0.2) is 30.5 Å². The van der Waals surface area contributed by atoms with Gasteiger partial charge in [-0.2, -0.15) is 5.10 Å². The van der Waals surface area contributed by atoms with Gasteiger partial charge in [-0.25, -0.2) is 14.5 Å². The summed E-state index contributed by atoms with van der Waals surface area (Å²) in [4.78, 5) is 18.7. The minimum atomic E-state index is -0.973. The Hall–Kier alpha value is -2.63. The molecule has 0 bridgehead atoms. The number of aromatic nitrogens is 4. The standard InChI is InChI=1S/C13H12N4O2/c1-2-11-8(12(18)19)7-14-17(11)13-15-9-5-3-4-6-10(9)16-13/h3-7H,2H2,1H3,(H,15,16)(H,18,19). The molecule has 2 aromatic heterocycles. The third-order valence-electron chi connectivity index (χ3n) is 3.01. The monoisotopic (exact) mass is 256 g/mol. The van der Waals surface area contributed by atoms with Crippen LogP contribution in [0.1, 0.15) is 23.0 Å². The number of hydrogen-bond donors (Lipinski definition) is 2. The van der Waals surface area contributed by atoms with Crippen LogP contribution < -0.4 is 0 Å². The Kier molecular flexibility index (Phi) is 2.56. The molecule has 0 amide bonds. The Morgan fingerprint density at radius 1 is 1.42 bits per heavy atom. The van der Waals surface area contributed by atoms with Gasteiger partial charge in [-0.3, -0.25) is 0 Å². The molecule has 3 rings (SSSR count). The number of nitrogens with zero attached hydrogens (tertiary/aromatic N) is 3. The molecule has 0 aliphatic carbocycles. The number of aromatic amines is 1. The van der Waals surface area contributed by atoms with Crippen LogP contribution in [0.3, 0.4) is 0 Å². The van der Waals surface area contributed by atoms with Gasteiger partial charge in [0, 0.05) is 0 Å². The summed E-state index contributed by atoms with van der Waals surface area (Å²) in [6, 6.07) is 7.62. The van der Waals surface area contributed by atoms with E-state index in [2.05, 4.69) is 15.1 Å². The van der Waals surface area contributed by atoms with Gasteiger partial charge in [0.1, 0.15) is 5.56 Å². The lowest BCUT2D eigenvalue weighted by Gasteiger charge is -2.02. The van der Waals surface area contributed by atoms with Crippen molar-refractivity contribution < 1.29 is 9.90 Å².